The first kappa shape index (κ1) is 11.7. The van der Waals surface area contributed by atoms with Crippen LogP contribution in [0.2, 0.25) is 5.02 Å². The lowest BCUT2D eigenvalue weighted by Crippen LogP contribution is -1.99. The highest BCUT2D eigenvalue weighted by Gasteiger charge is 2.14. The van der Waals surface area contributed by atoms with Gasteiger partial charge in [-0.05, 0) is 19.9 Å². The highest BCUT2D eigenvalue weighted by Crippen LogP contribution is 2.17. The van der Waals surface area contributed by atoms with Crippen molar-refractivity contribution in [1.29, 1.82) is 0 Å². The molecular weight excluding hydrogens is 244 g/mol. The van der Waals surface area contributed by atoms with Gasteiger partial charge in [-0.15, -0.1) is 0 Å². The molecule has 0 atom stereocenters. The smallest absolute Gasteiger partial charge is 0.372 e. The summed E-state index contributed by atoms with van der Waals surface area (Å²) in [5.74, 6) is -0.558. The molecule has 0 bridgehead atoms. The largest absolute Gasteiger partial charge is 0.475 e. The Morgan fingerprint density at radius 3 is 2.76 bits per heavy atom. The average molecular weight is 255 g/mol. The van der Waals surface area contributed by atoms with Crippen LogP contribution in [-0.2, 0) is 6.54 Å². The Morgan fingerprint density at radius 2 is 2.29 bits per heavy atom. The molecule has 17 heavy (non-hydrogen) atoms. The first-order valence-electron chi connectivity index (χ1n) is 4.99. The Morgan fingerprint density at radius 1 is 1.59 bits per heavy atom. The van der Waals surface area contributed by atoms with Crippen LogP contribution in [-0.4, -0.2) is 20.9 Å². The van der Waals surface area contributed by atoms with Gasteiger partial charge in [-0.2, -0.15) is 5.10 Å². The Labute approximate surface area is 103 Å². The number of aryl methyl sites for hydroxylation is 2. The van der Waals surface area contributed by atoms with Crippen molar-refractivity contribution in [2.24, 2.45) is 0 Å². The lowest BCUT2D eigenvalue weighted by atomic mass is 10.2. The molecule has 2 aromatic heterocycles. The molecular formula is C11H11ClN2O3. The fourth-order valence-electron chi connectivity index (χ4n) is 1.57. The normalized spacial score (nSPS) is 10.8. The predicted octanol–water partition coefficient (Wildman–Crippen LogP) is 2.49. The maximum atomic E-state index is 10.8. The molecule has 2 heterocycles. The number of carboxylic acid groups (broad SMARTS) is 1. The minimum absolute atomic E-state index is 0.0324. The van der Waals surface area contributed by atoms with E-state index in [4.69, 9.17) is 21.1 Å². The number of aromatic nitrogens is 2. The molecule has 0 aliphatic heterocycles. The van der Waals surface area contributed by atoms with Crippen molar-refractivity contribution < 1.29 is 14.3 Å². The van der Waals surface area contributed by atoms with Crippen LogP contribution in [0.1, 0.15) is 27.6 Å². The van der Waals surface area contributed by atoms with Crippen molar-refractivity contribution in [3.05, 3.63) is 40.1 Å². The molecule has 6 heteroatoms. The number of hydrogen-bond acceptors (Lipinski definition) is 3. The van der Waals surface area contributed by atoms with Crippen LogP contribution < -0.4 is 0 Å². The van der Waals surface area contributed by atoms with E-state index in [1.54, 1.807) is 30.8 Å². The zero-order valence-corrected chi connectivity index (χ0v) is 10.2. The maximum Gasteiger partial charge on any atom is 0.372 e. The van der Waals surface area contributed by atoms with E-state index in [9.17, 15) is 4.79 Å². The number of furan rings is 1. The maximum absolute atomic E-state index is 10.8. The SMILES string of the molecule is Cc1cc(Cn2cc(Cl)c(C)n2)oc1C(=O)O. The Bertz CT molecular complexity index is 552. The summed E-state index contributed by atoms with van der Waals surface area (Å²) in [6.07, 6.45) is 1.68. The molecule has 90 valence electrons. The highest BCUT2D eigenvalue weighted by molar-refractivity contribution is 6.31. The van der Waals surface area contributed by atoms with Gasteiger partial charge in [-0.1, -0.05) is 11.6 Å². The second kappa shape index (κ2) is 4.25. The van der Waals surface area contributed by atoms with Crippen molar-refractivity contribution in [2.75, 3.05) is 0 Å². The first-order valence-corrected chi connectivity index (χ1v) is 5.37. The summed E-state index contributed by atoms with van der Waals surface area (Å²) in [6.45, 7) is 3.86. The molecule has 0 amide bonds. The van der Waals surface area contributed by atoms with E-state index in [0.717, 1.165) is 5.69 Å². The van der Waals surface area contributed by atoms with Crippen molar-refractivity contribution in [2.45, 2.75) is 20.4 Å². The number of carbonyl (C=O) groups is 1. The lowest BCUT2D eigenvalue weighted by molar-refractivity contribution is 0.0659. The molecule has 5 nitrogen and oxygen atoms in total. The molecule has 2 aromatic rings. The summed E-state index contributed by atoms with van der Waals surface area (Å²) in [6, 6.07) is 1.69. The number of rotatable bonds is 3. The van der Waals surface area contributed by atoms with E-state index >= 15 is 0 Å². The van der Waals surface area contributed by atoms with Gasteiger partial charge in [0.1, 0.15) is 5.76 Å². The molecule has 0 aliphatic carbocycles. The van der Waals surface area contributed by atoms with Gasteiger partial charge in [0.15, 0.2) is 0 Å². The van der Waals surface area contributed by atoms with E-state index in [1.807, 2.05) is 0 Å². The second-order valence-electron chi connectivity index (χ2n) is 3.79. The molecule has 0 unspecified atom stereocenters. The minimum Gasteiger partial charge on any atom is -0.475 e. The standard InChI is InChI=1S/C11H11ClN2O3/c1-6-3-8(17-10(6)11(15)16)4-14-5-9(12)7(2)13-14/h3,5H,4H2,1-2H3,(H,15,16). The summed E-state index contributed by atoms with van der Waals surface area (Å²) in [5, 5.41) is 13.6. The van der Waals surface area contributed by atoms with Gasteiger partial charge in [0.05, 0.1) is 17.3 Å². The molecule has 2 rings (SSSR count). The van der Waals surface area contributed by atoms with E-state index in [2.05, 4.69) is 5.10 Å². The fraction of sp³-hybridized carbons (Fsp3) is 0.273. The van der Waals surface area contributed by atoms with Crippen LogP contribution in [0.25, 0.3) is 0 Å². The van der Waals surface area contributed by atoms with Crippen molar-refractivity contribution in [3.8, 4) is 0 Å². The molecule has 0 aliphatic rings. The Balaban J connectivity index is 2.24. The van der Waals surface area contributed by atoms with Gasteiger partial charge in [-0.25, -0.2) is 4.79 Å². The third-order valence-electron chi connectivity index (χ3n) is 2.37. The van der Waals surface area contributed by atoms with Crippen LogP contribution in [0.4, 0.5) is 0 Å². The number of carboxylic acids is 1. The Kier molecular flexibility index (Phi) is 2.93. The van der Waals surface area contributed by atoms with Crippen LogP contribution in [0, 0.1) is 13.8 Å². The molecule has 0 aromatic carbocycles. The molecule has 0 saturated heterocycles. The zero-order valence-electron chi connectivity index (χ0n) is 9.40. The van der Waals surface area contributed by atoms with Crippen LogP contribution >= 0.6 is 11.6 Å². The number of aromatic carboxylic acids is 1. The average Bonchev–Trinajstić information content (AvgIpc) is 2.72. The minimum atomic E-state index is -1.07. The quantitative estimate of drug-likeness (QED) is 0.914. The second-order valence-corrected chi connectivity index (χ2v) is 4.20. The highest BCUT2D eigenvalue weighted by atomic mass is 35.5. The van der Waals surface area contributed by atoms with Gasteiger partial charge in [-0.3, -0.25) is 4.68 Å². The monoisotopic (exact) mass is 254 g/mol. The predicted molar refractivity (Wildman–Crippen MR) is 61.5 cm³/mol. The van der Waals surface area contributed by atoms with Crippen molar-refractivity contribution in [1.82, 2.24) is 9.78 Å². The van der Waals surface area contributed by atoms with Gasteiger partial charge >= 0.3 is 5.97 Å². The summed E-state index contributed by atoms with van der Waals surface area (Å²) in [4.78, 5) is 10.8. The van der Waals surface area contributed by atoms with Crippen molar-refractivity contribution >= 4 is 17.6 Å². The number of nitrogens with zero attached hydrogens (tertiary/aromatic N) is 2. The van der Waals surface area contributed by atoms with Crippen LogP contribution in [0.15, 0.2) is 16.7 Å². The third kappa shape index (κ3) is 2.34. The first-order chi connectivity index (χ1) is 7.97. The van der Waals surface area contributed by atoms with E-state index < -0.39 is 5.97 Å². The van der Waals surface area contributed by atoms with E-state index in [0.29, 0.717) is 22.9 Å². The molecule has 0 radical (unpaired) electrons. The summed E-state index contributed by atoms with van der Waals surface area (Å²) in [5.41, 5.74) is 1.33. The topological polar surface area (TPSA) is 68.3 Å². The molecule has 1 N–H and O–H groups in total. The van der Waals surface area contributed by atoms with Gasteiger partial charge in [0.25, 0.3) is 0 Å². The van der Waals surface area contributed by atoms with Crippen molar-refractivity contribution in [3.63, 3.8) is 0 Å². The van der Waals surface area contributed by atoms with Crippen LogP contribution in [0.3, 0.4) is 0 Å². The molecule has 0 fully saturated rings. The number of halogens is 1. The molecule has 0 spiro atoms. The Hall–Kier alpha value is -1.75. The van der Waals surface area contributed by atoms with E-state index in [1.165, 1.54) is 0 Å². The van der Waals surface area contributed by atoms with Crippen LogP contribution in [0.5, 0.6) is 0 Å². The van der Waals surface area contributed by atoms with Gasteiger partial charge < -0.3 is 9.52 Å². The summed E-state index contributed by atoms with van der Waals surface area (Å²) >= 11 is 5.87. The third-order valence-corrected chi connectivity index (χ3v) is 2.74. The lowest BCUT2D eigenvalue weighted by Gasteiger charge is -1.96. The fourth-order valence-corrected chi connectivity index (χ4v) is 1.72. The van der Waals surface area contributed by atoms with E-state index in [-0.39, 0.29) is 5.76 Å². The van der Waals surface area contributed by atoms with Gasteiger partial charge in [0.2, 0.25) is 5.76 Å². The summed E-state index contributed by atoms with van der Waals surface area (Å²) in [7, 11) is 0. The number of hydrogen-bond donors (Lipinski definition) is 1. The summed E-state index contributed by atoms with van der Waals surface area (Å²) < 4.78 is 6.84. The van der Waals surface area contributed by atoms with Gasteiger partial charge in [0, 0.05) is 11.8 Å². The zero-order chi connectivity index (χ0) is 12.6. The molecule has 0 saturated carbocycles.